The minimum Gasteiger partial charge on any atom is -0.377 e. The number of rotatable bonds is 6. The SMILES string of the molecule is CC(C)COC1CC(N[C@@H](C)c2cccc(Br)c2)C1(C)C. The van der Waals surface area contributed by atoms with Gasteiger partial charge in [0.05, 0.1) is 6.10 Å². The maximum atomic E-state index is 6.04. The molecular formula is C18H28BrNO. The van der Waals surface area contributed by atoms with Gasteiger partial charge in [0, 0.05) is 28.6 Å². The second-order valence-corrected chi connectivity index (χ2v) is 8.18. The summed E-state index contributed by atoms with van der Waals surface area (Å²) in [5.74, 6) is 0.605. The van der Waals surface area contributed by atoms with E-state index in [0.29, 0.717) is 24.1 Å². The lowest BCUT2D eigenvalue weighted by atomic mass is 9.64. The monoisotopic (exact) mass is 353 g/mol. The van der Waals surface area contributed by atoms with Crippen molar-refractivity contribution in [2.24, 2.45) is 11.3 Å². The van der Waals surface area contributed by atoms with Crippen molar-refractivity contribution in [2.75, 3.05) is 6.61 Å². The van der Waals surface area contributed by atoms with E-state index < -0.39 is 0 Å². The minimum absolute atomic E-state index is 0.204. The van der Waals surface area contributed by atoms with Crippen LogP contribution in [0, 0.1) is 11.3 Å². The largest absolute Gasteiger partial charge is 0.377 e. The summed E-state index contributed by atoms with van der Waals surface area (Å²) < 4.78 is 7.18. The van der Waals surface area contributed by atoms with Crippen molar-refractivity contribution in [1.29, 1.82) is 0 Å². The fourth-order valence-electron chi connectivity index (χ4n) is 2.93. The highest BCUT2D eigenvalue weighted by Gasteiger charge is 2.49. The van der Waals surface area contributed by atoms with Gasteiger partial charge in [0.1, 0.15) is 0 Å². The quantitative estimate of drug-likeness (QED) is 0.781. The van der Waals surface area contributed by atoms with Crippen LogP contribution in [0.2, 0.25) is 0 Å². The molecule has 3 atom stereocenters. The number of halogens is 1. The van der Waals surface area contributed by atoms with Crippen LogP contribution in [-0.4, -0.2) is 18.8 Å². The highest BCUT2D eigenvalue weighted by molar-refractivity contribution is 9.10. The molecule has 2 unspecified atom stereocenters. The standard InChI is InChI=1S/C18H28BrNO/c1-12(2)11-21-17-10-16(18(17,4)5)20-13(3)14-7-6-8-15(19)9-14/h6-9,12-13,16-17,20H,10-11H2,1-5H3/t13-,16?,17?/m0/s1. The van der Waals surface area contributed by atoms with Crippen molar-refractivity contribution in [3.05, 3.63) is 34.3 Å². The van der Waals surface area contributed by atoms with E-state index in [0.717, 1.165) is 17.5 Å². The van der Waals surface area contributed by atoms with E-state index in [4.69, 9.17) is 4.74 Å². The second-order valence-electron chi connectivity index (χ2n) is 7.27. The van der Waals surface area contributed by atoms with Gasteiger partial charge < -0.3 is 10.1 Å². The molecule has 1 aliphatic carbocycles. The molecule has 118 valence electrons. The number of benzene rings is 1. The molecule has 1 N–H and O–H groups in total. The Morgan fingerprint density at radius 1 is 1.33 bits per heavy atom. The van der Waals surface area contributed by atoms with E-state index in [2.05, 4.69) is 80.1 Å². The molecule has 0 amide bonds. The molecule has 0 saturated heterocycles. The van der Waals surface area contributed by atoms with Crippen LogP contribution in [0.4, 0.5) is 0 Å². The summed E-state index contributed by atoms with van der Waals surface area (Å²) in [6.45, 7) is 12.1. The third kappa shape index (κ3) is 4.08. The zero-order valence-corrected chi connectivity index (χ0v) is 15.4. The van der Waals surface area contributed by atoms with E-state index in [1.165, 1.54) is 5.56 Å². The minimum atomic E-state index is 0.204. The second kappa shape index (κ2) is 6.80. The van der Waals surface area contributed by atoms with E-state index in [1.807, 2.05) is 0 Å². The van der Waals surface area contributed by atoms with Gasteiger partial charge in [0.2, 0.25) is 0 Å². The van der Waals surface area contributed by atoms with Crippen LogP contribution in [0.5, 0.6) is 0 Å². The van der Waals surface area contributed by atoms with Gasteiger partial charge in [-0.2, -0.15) is 0 Å². The van der Waals surface area contributed by atoms with Crippen LogP contribution in [0.3, 0.4) is 0 Å². The number of hydrogen-bond acceptors (Lipinski definition) is 2. The molecule has 1 aromatic carbocycles. The lowest BCUT2D eigenvalue weighted by molar-refractivity contribution is -0.125. The van der Waals surface area contributed by atoms with Crippen LogP contribution in [0.15, 0.2) is 28.7 Å². The van der Waals surface area contributed by atoms with Crippen LogP contribution in [0.25, 0.3) is 0 Å². The van der Waals surface area contributed by atoms with Gasteiger partial charge in [-0.3, -0.25) is 0 Å². The van der Waals surface area contributed by atoms with Gasteiger partial charge in [0.15, 0.2) is 0 Å². The number of ether oxygens (including phenoxy) is 1. The summed E-state index contributed by atoms with van der Waals surface area (Å²) in [5, 5.41) is 3.77. The van der Waals surface area contributed by atoms with Crippen LogP contribution >= 0.6 is 15.9 Å². The molecule has 1 fully saturated rings. The normalized spacial score (nSPS) is 25.7. The topological polar surface area (TPSA) is 21.3 Å². The Bertz CT molecular complexity index is 472. The predicted octanol–water partition coefficient (Wildman–Crippen LogP) is 4.94. The predicted molar refractivity (Wildman–Crippen MR) is 92.5 cm³/mol. The summed E-state index contributed by atoms with van der Waals surface area (Å²) in [6, 6.07) is 9.41. The van der Waals surface area contributed by atoms with Crippen LogP contribution in [-0.2, 0) is 4.74 Å². The molecule has 0 radical (unpaired) electrons. The van der Waals surface area contributed by atoms with Crippen molar-refractivity contribution in [3.63, 3.8) is 0 Å². The Balaban J connectivity index is 1.90. The Kier molecular flexibility index (Phi) is 5.50. The molecular weight excluding hydrogens is 326 g/mol. The third-order valence-electron chi connectivity index (χ3n) is 4.61. The van der Waals surface area contributed by atoms with E-state index >= 15 is 0 Å². The zero-order valence-electron chi connectivity index (χ0n) is 13.8. The highest BCUT2D eigenvalue weighted by Crippen LogP contribution is 2.44. The van der Waals surface area contributed by atoms with E-state index in [1.54, 1.807) is 0 Å². The Hall–Kier alpha value is -0.380. The third-order valence-corrected chi connectivity index (χ3v) is 5.10. The summed E-state index contributed by atoms with van der Waals surface area (Å²) in [7, 11) is 0. The lowest BCUT2D eigenvalue weighted by Gasteiger charge is -2.53. The summed E-state index contributed by atoms with van der Waals surface area (Å²) in [5.41, 5.74) is 1.53. The zero-order chi connectivity index (χ0) is 15.6. The van der Waals surface area contributed by atoms with Gasteiger partial charge in [-0.1, -0.05) is 55.8 Å². The molecule has 0 spiro atoms. The average Bonchev–Trinajstić information content (AvgIpc) is 2.41. The first-order chi connectivity index (χ1) is 9.80. The van der Waals surface area contributed by atoms with Gasteiger partial charge in [-0.25, -0.2) is 0 Å². The Morgan fingerprint density at radius 3 is 2.62 bits per heavy atom. The van der Waals surface area contributed by atoms with E-state index in [-0.39, 0.29) is 5.41 Å². The fraction of sp³-hybridized carbons (Fsp3) is 0.667. The summed E-state index contributed by atoms with van der Waals surface area (Å²) >= 11 is 3.55. The molecule has 1 aromatic rings. The molecule has 0 heterocycles. The van der Waals surface area contributed by atoms with Crippen LogP contribution in [0.1, 0.15) is 52.6 Å². The molecule has 0 aromatic heterocycles. The highest BCUT2D eigenvalue weighted by atomic mass is 79.9. The average molecular weight is 354 g/mol. The van der Waals surface area contributed by atoms with E-state index in [9.17, 15) is 0 Å². The van der Waals surface area contributed by atoms with Crippen molar-refractivity contribution >= 4 is 15.9 Å². The first-order valence-electron chi connectivity index (χ1n) is 7.93. The van der Waals surface area contributed by atoms with Gasteiger partial charge in [0.25, 0.3) is 0 Å². The Labute approximate surface area is 137 Å². The first kappa shape index (κ1) is 17.0. The van der Waals surface area contributed by atoms with Crippen molar-refractivity contribution < 1.29 is 4.74 Å². The Morgan fingerprint density at radius 2 is 2.05 bits per heavy atom. The van der Waals surface area contributed by atoms with Crippen molar-refractivity contribution in [2.45, 2.75) is 59.2 Å². The maximum absolute atomic E-state index is 6.04. The van der Waals surface area contributed by atoms with Crippen LogP contribution < -0.4 is 5.32 Å². The smallest absolute Gasteiger partial charge is 0.0656 e. The lowest BCUT2D eigenvalue weighted by Crippen LogP contribution is -2.61. The molecule has 3 heteroatoms. The molecule has 2 rings (SSSR count). The van der Waals surface area contributed by atoms with Crippen molar-refractivity contribution in [1.82, 2.24) is 5.32 Å². The van der Waals surface area contributed by atoms with Gasteiger partial charge >= 0.3 is 0 Å². The fourth-order valence-corrected chi connectivity index (χ4v) is 3.35. The molecule has 1 saturated carbocycles. The molecule has 2 nitrogen and oxygen atoms in total. The first-order valence-corrected chi connectivity index (χ1v) is 8.73. The van der Waals surface area contributed by atoms with Gasteiger partial charge in [-0.05, 0) is 37.0 Å². The van der Waals surface area contributed by atoms with Gasteiger partial charge in [-0.15, -0.1) is 0 Å². The number of nitrogens with one attached hydrogen (secondary N) is 1. The van der Waals surface area contributed by atoms with Crippen molar-refractivity contribution in [3.8, 4) is 0 Å². The maximum Gasteiger partial charge on any atom is 0.0656 e. The summed E-state index contributed by atoms with van der Waals surface area (Å²) in [6.07, 6.45) is 1.49. The number of hydrogen-bond donors (Lipinski definition) is 1. The molecule has 0 aliphatic heterocycles. The molecule has 21 heavy (non-hydrogen) atoms. The molecule has 1 aliphatic rings. The summed E-state index contributed by atoms with van der Waals surface area (Å²) in [4.78, 5) is 0. The molecule has 0 bridgehead atoms.